The highest BCUT2D eigenvalue weighted by molar-refractivity contribution is 5.58. The maximum absolute atomic E-state index is 12.9. The number of benzene rings is 1. The average molecular weight is 258 g/mol. The zero-order valence-corrected chi connectivity index (χ0v) is 10.8. The van der Waals surface area contributed by atoms with Gasteiger partial charge in [0, 0.05) is 24.1 Å². The van der Waals surface area contributed by atoms with E-state index in [2.05, 4.69) is 4.98 Å². The lowest BCUT2D eigenvalue weighted by Gasteiger charge is -2.24. The lowest BCUT2D eigenvalue weighted by Crippen LogP contribution is -2.30. The Bertz CT molecular complexity index is 661. The molecule has 3 nitrogen and oxygen atoms in total. The second-order valence-corrected chi connectivity index (χ2v) is 5.01. The molecule has 19 heavy (non-hydrogen) atoms. The Kier molecular flexibility index (Phi) is 2.93. The van der Waals surface area contributed by atoms with Crippen LogP contribution in [-0.2, 0) is 6.42 Å². The van der Waals surface area contributed by atoms with Crippen LogP contribution in [0, 0.1) is 5.82 Å². The van der Waals surface area contributed by atoms with Crippen molar-refractivity contribution in [1.29, 1.82) is 0 Å². The molecule has 1 aliphatic rings. The molecule has 0 N–H and O–H groups in total. The van der Waals surface area contributed by atoms with Crippen molar-refractivity contribution in [2.75, 3.05) is 0 Å². The molecule has 0 bridgehead atoms. The van der Waals surface area contributed by atoms with E-state index in [1.807, 2.05) is 6.92 Å². The zero-order valence-electron chi connectivity index (χ0n) is 10.8. The van der Waals surface area contributed by atoms with E-state index < -0.39 is 0 Å². The van der Waals surface area contributed by atoms with E-state index in [1.54, 1.807) is 22.8 Å². The molecule has 1 aromatic carbocycles. The van der Waals surface area contributed by atoms with E-state index in [1.165, 1.54) is 12.1 Å². The van der Waals surface area contributed by atoms with E-state index >= 15 is 0 Å². The molecule has 3 rings (SSSR count). The first-order valence-corrected chi connectivity index (χ1v) is 6.53. The van der Waals surface area contributed by atoms with Gasteiger partial charge in [-0.15, -0.1) is 0 Å². The van der Waals surface area contributed by atoms with Crippen LogP contribution in [0.5, 0.6) is 0 Å². The van der Waals surface area contributed by atoms with Crippen LogP contribution < -0.4 is 5.56 Å². The van der Waals surface area contributed by atoms with Crippen molar-refractivity contribution in [3.8, 4) is 11.3 Å². The van der Waals surface area contributed by atoms with Crippen LogP contribution in [0.3, 0.4) is 0 Å². The number of hydrogen-bond donors (Lipinski definition) is 0. The first-order chi connectivity index (χ1) is 9.15. The van der Waals surface area contributed by atoms with E-state index in [0.29, 0.717) is 5.69 Å². The fraction of sp³-hybridized carbons (Fsp3) is 0.333. The van der Waals surface area contributed by atoms with E-state index in [4.69, 9.17) is 0 Å². The molecule has 0 saturated carbocycles. The SMILES string of the molecule is C[C@H]1CCCc2nc(-c3ccc(F)cc3)cc(=O)n21. The summed E-state index contributed by atoms with van der Waals surface area (Å²) in [4.78, 5) is 16.7. The molecule has 0 aliphatic carbocycles. The second kappa shape index (κ2) is 4.61. The Morgan fingerprint density at radius 1 is 1.32 bits per heavy atom. The summed E-state index contributed by atoms with van der Waals surface area (Å²) < 4.78 is 14.7. The van der Waals surface area contributed by atoms with Crippen LogP contribution in [0.1, 0.15) is 31.6 Å². The van der Waals surface area contributed by atoms with Crippen LogP contribution in [0.4, 0.5) is 4.39 Å². The summed E-state index contributed by atoms with van der Waals surface area (Å²) in [6, 6.07) is 7.83. The molecule has 2 aromatic rings. The minimum absolute atomic E-state index is 0.0171. The fourth-order valence-corrected chi connectivity index (χ4v) is 2.64. The maximum Gasteiger partial charge on any atom is 0.254 e. The van der Waals surface area contributed by atoms with Crippen molar-refractivity contribution in [3.63, 3.8) is 0 Å². The molecule has 4 heteroatoms. The molecule has 0 radical (unpaired) electrons. The highest BCUT2D eigenvalue weighted by Gasteiger charge is 2.19. The van der Waals surface area contributed by atoms with Gasteiger partial charge < -0.3 is 0 Å². The van der Waals surface area contributed by atoms with Gasteiger partial charge in [-0.05, 0) is 44.0 Å². The summed E-state index contributed by atoms with van der Waals surface area (Å²) in [5.41, 5.74) is 1.39. The van der Waals surface area contributed by atoms with Crippen LogP contribution >= 0.6 is 0 Å². The van der Waals surface area contributed by atoms with Crippen LogP contribution in [-0.4, -0.2) is 9.55 Å². The molecule has 2 heterocycles. The summed E-state index contributed by atoms with van der Waals surface area (Å²) in [6.45, 7) is 2.04. The molecule has 0 amide bonds. The Morgan fingerprint density at radius 3 is 2.79 bits per heavy atom. The van der Waals surface area contributed by atoms with Gasteiger partial charge in [0.1, 0.15) is 11.6 Å². The first-order valence-electron chi connectivity index (χ1n) is 6.53. The maximum atomic E-state index is 12.9. The standard InChI is InChI=1S/C15H15FN2O/c1-10-3-2-4-14-17-13(9-15(19)18(10)14)11-5-7-12(16)8-6-11/h5-10H,2-4H2,1H3/t10-/m0/s1. The van der Waals surface area contributed by atoms with Crippen LogP contribution in [0.2, 0.25) is 0 Å². The molecule has 0 unspecified atom stereocenters. The summed E-state index contributed by atoms with van der Waals surface area (Å²) in [6.07, 6.45) is 2.90. The number of fused-ring (bicyclic) bond motifs is 1. The zero-order chi connectivity index (χ0) is 13.4. The Balaban J connectivity index is 2.12. The smallest absolute Gasteiger partial charge is 0.254 e. The third kappa shape index (κ3) is 2.18. The third-order valence-electron chi connectivity index (χ3n) is 3.63. The monoisotopic (exact) mass is 258 g/mol. The predicted octanol–water partition coefficient (Wildman–Crippen LogP) is 2.95. The van der Waals surface area contributed by atoms with Gasteiger partial charge in [0.2, 0.25) is 0 Å². The highest BCUT2D eigenvalue weighted by Crippen LogP contribution is 2.23. The van der Waals surface area contributed by atoms with Gasteiger partial charge in [-0.3, -0.25) is 9.36 Å². The predicted molar refractivity (Wildman–Crippen MR) is 71.5 cm³/mol. The van der Waals surface area contributed by atoms with Crippen LogP contribution in [0.15, 0.2) is 35.1 Å². The van der Waals surface area contributed by atoms with Gasteiger partial charge >= 0.3 is 0 Å². The molecule has 1 atom stereocenters. The van der Waals surface area contributed by atoms with E-state index in [9.17, 15) is 9.18 Å². The quantitative estimate of drug-likeness (QED) is 0.788. The van der Waals surface area contributed by atoms with Gasteiger partial charge in [-0.25, -0.2) is 9.37 Å². The van der Waals surface area contributed by atoms with Crippen molar-refractivity contribution in [2.24, 2.45) is 0 Å². The van der Waals surface area contributed by atoms with Crippen molar-refractivity contribution in [3.05, 3.63) is 52.3 Å². The minimum Gasteiger partial charge on any atom is -0.294 e. The number of aryl methyl sites for hydroxylation is 1. The number of hydrogen-bond acceptors (Lipinski definition) is 2. The van der Waals surface area contributed by atoms with Gasteiger partial charge in [0.05, 0.1) is 5.69 Å². The number of halogens is 1. The molecule has 0 fully saturated rings. The number of nitrogens with zero attached hydrogens (tertiary/aromatic N) is 2. The topological polar surface area (TPSA) is 34.9 Å². The molecule has 1 aliphatic heterocycles. The second-order valence-electron chi connectivity index (χ2n) is 5.01. The minimum atomic E-state index is -0.285. The Morgan fingerprint density at radius 2 is 2.05 bits per heavy atom. The largest absolute Gasteiger partial charge is 0.294 e. The fourth-order valence-electron chi connectivity index (χ4n) is 2.64. The summed E-state index contributed by atoms with van der Waals surface area (Å²) in [5, 5.41) is 0. The average Bonchev–Trinajstić information content (AvgIpc) is 2.39. The van der Waals surface area contributed by atoms with Crippen molar-refractivity contribution < 1.29 is 4.39 Å². The summed E-state index contributed by atoms with van der Waals surface area (Å²) in [5.74, 6) is 0.553. The van der Waals surface area contributed by atoms with Gasteiger partial charge in [0.25, 0.3) is 5.56 Å². The van der Waals surface area contributed by atoms with Crippen molar-refractivity contribution in [2.45, 2.75) is 32.2 Å². The van der Waals surface area contributed by atoms with Crippen molar-refractivity contribution >= 4 is 0 Å². The lowest BCUT2D eigenvalue weighted by molar-refractivity contribution is 0.405. The molecule has 0 spiro atoms. The summed E-state index contributed by atoms with van der Waals surface area (Å²) >= 11 is 0. The van der Waals surface area contributed by atoms with Gasteiger partial charge in [-0.2, -0.15) is 0 Å². The third-order valence-corrected chi connectivity index (χ3v) is 3.63. The molecule has 1 aromatic heterocycles. The van der Waals surface area contributed by atoms with Crippen molar-refractivity contribution in [1.82, 2.24) is 9.55 Å². The first kappa shape index (κ1) is 12.1. The molecule has 98 valence electrons. The van der Waals surface area contributed by atoms with Crippen LogP contribution in [0.25, 0.3) is 11.3 Å². The summed E-state index contributed by atoms with van der Waals surface area (Å²) in [7, 11) is 0. The molecule has 0 saturated heterocycles. The lowest BCUT2D eigenvalue weighted by atomic mass is 10.0. The van der Waals surface area contributed by atoms with E-state index in [0.717, 1.165) is 30.7 Å². The molecular weight excluding hydrogens is 243 g/mol. The number of aromatic nitrogens is 2. The Labute approximate surface area is 110 Å². The normalized spacial score (nSPS) is 18.1. The Hall–Kier alpha value is -1.97. The molecular formula is C15H15FN2O. The highest BCUT2D eigenvalue weighted by atomic mass is 19.1. The van der Waals surface area contributed by atoms with Gasteiger partial charge in [-0.1, -0.05) is 0 Å². The van der Waals surface area contributed by atoms with Gasteiger partial charge in [0.15, 0.2) is 0 Å². The van der Waals surface area contributed by atoms with E-state index in [-0.39, 0.29) is 17.4 Å². The number of rotatable bonds is 1.